The first-order valence-corrected chi connectivity index (χ1v) is 38.5. The molecule has 0 aromatic heterocycles. The van der Waals surface area contributed by atoms with Gasteiger partial charge < -0.3 is 33.8 Å². The molecule has 0 aliphatic rings. The van der Waals surface area contributed by atoms with Crippen LogP contribution in [0.1, 0.15) is 343 Å². The van der Waals surface area contributed by atoms with Crippen LogP contribution in [0.2, 0.25) is 0 Å². The van der Waals surface area contributed by atoms with E-state index in [1.165, 1.54) is 148 Å². The average molecular weight is 1280 g/mol. The van der Waals surface area contributed by atoms with Gasteiger partial charge in [0.05, 0.1) is 26.4 Å². The standard InChI is InChI=1S/C68H132O17P2/c1-7-9-11-13-15-16-27-34-40-46-52-67(72)84-63(56-78-65(70)50-44-38-30-14-12-10-8-2)58-82-86(74,75)80-54-62(69)55-81-87(76,77)83-59-64(57-79-66(71)51-45-39-33-28-24-23-26-32-37-43-49-61(5)6)85-68(73)53-47-41-35-29-22-20-18-17-19-21-25-31-36-42-48-60(3)4/h60-64,69H,7-59H2,1-6H3,(H,74,75)(H,76,77)/t62-,63+,64+/m0/s1. The second-order valence-corrected chi connectivity index (χ2v) is 28.4. The van der Waals surface area contributed by atoms with E-state index in [0.717, 1.165) is 115 Å². The van der Waals surface area contributed by atoms with Gasteiger partial charge in [-0.05, 0) is 37.5 Å². The highest BCUT2D eigenvalue weighted by atomic mass is 31.2. The predicted molar refractivity (Wildman–Crippen MR) is 349 cm³/mol. The van der Waals surface area contributed by atoms with Gasteiger partial charge in [0, 0.05) is 25.7 Å². The molecule has 0 saturated heterocycles. The Morgan fingerprint density at radius 3 is 0.782 bits per heavy atom. The van der Waals surface area contributed by atoms with Crippen molar-refractivity contribution in [3.63, 3.8) is 0 Å². The van der Waals surface area contributed by atoms with E-state index in [2.05, 4.69) is 41.5 Å². The third-order valence-electron chi connectivity index (χ3n) is 15.7. The summed E-state index contributed by atoms with van der Waals surface area (Å²) in [6.07, 6.45) is 44.5. The summed E-state index contributed by atoms with van der Waals surface area (Å²) in [5.74, 6) is -0.578. The zero-order chi connectivity index (χ0) is 64.3. The molecule has 2 unspecified atom stereocenters. The molecule has 0 aliphatic heterocycles. The SMILES string of the molecule is CCCCCCCCCCCCC(=O)O[C@H](COC(=O)CCCCCCCCC)COP(=O)(O)OC[C@H](O)COP(=O)(O)OC[C@@H](COC(=O)CCCCCCCCCCCCC(C)C)OC(=O)CCCCCCCCCCCCCCCCC(C)C. The Morgan fingerprint density at radius 1 is 0.310 bits per heavy atom. The maximum absolute atomic E-state index is 13.0. The number of aliphatic hydroxyl groups excluding tert-OH is 1. The molecule has 0 spiro atoms. The minimum absolute atomic E-state index is 0.106. The van der Waals surface area contributed by atoms with Crippen molar-refractivity contribution in [2.45, 2.75) is 362 Å². The Morgan fingerprint density at radius 2 is 0.529 bits per heavy atom. The number of hydrogen-bond acceptors (Lipinski definition) is 15. The first kappa shape index (κ1) is 85.1. The monoisotopic (exact) mass is 1280 g/mol. The molecule has 0 rings (SSSR count). The number of phosphoric ester groups is 2. The second kappa shape index (κ2) is 60.3. The number of esters is 4. The van der Waals surface area contributed by atoms with Gasteiger partial charge in [-0.25, -0.2) is 9.13 Å². The van der Waals surface area contributed by atoms with Gasteiger partial charge in [-0.1, -0.05) is 292 Å². The van der Waals surface area contributed by atoms with E-state index in [1.54, 1.807) is 0 Å². The fraction of sp³-hybridized carbons (Fsp3) is 0.941. The highest BCUT2D eigenvalue weighted by molar-refractivity contribution is 7.47. The third kappa shape index (κ3) is 62.6. The summed E-state index contributed by atoms with van der Waals surface area (Å²) in [4.78, 5) is 72.3. The summed E-state index contributed by atoms with van der Waals surface area (Å²) >= 11 is 0. The number of carbonyl (C=O) groups is 4. The van der Waals surface area contributed by atoms with E-state index < -0.39 is 97.5 Å². The quantitative estimate of drug-likeness (QED) is 0.0222. The molecule has 0 saturated carbocycles. The van der Waals surface area contributed by atoms with Gasteiger partial charge in [-0.3, -0.25) is 37.3 Å². The van der Waals surface area contributed by atoms with Gasteiger partial charge >= 0.3 is 39.5 Å². The molecule has 87 heavy (non-hydrogen) atoms. The molecular formula is C68H132O17P2. The highest BCUT2D eigenvalue weighted by Crippen LogP contribution is 2.45. The topological polar surface area (TPSA) is 237 Å². The number of hydrogen-bond donors (Lipinski definition) is 3. The van der Waals surface area contributed by atoms with Crippen LogP contribution in [0.3, 0.4) is 0 Å². The molecule has 516 valence electrons. The first-order chi connectivity index (χ1) is 41.9. The van der Waals surface area contributed by atoms with Crippen LogP contribution in [-0.2, 0) is 65.4 Å². The van der Waals surface area contributed by atoms with Crippen LogP contribution < -0.4 is 0 Å². The van der Waals surface area contributed by atoms with E-state index >= 15 is 0 Å². The molecule has 17 nitrogen and oxygen atoms in total. The van der Waals surface area contributed by atoms with Crippen LogP contribution in [0.15, 0.2) is 0 Å². The van der Waals surface area contributed by atoms with Crippen LogP contribution in [-0.4, -0.2) is 96.7 Å². The van der Waals surface area contributed by atoms with Crippen molar-refractivity contribution in [1.29, 1.82) is 0 Å². The molecule has 5 atom stereocenters. The zero-order valence-corrected chi connectivity index (χ0v) is 58.1. The fourth-order valence-corrected chi connectivity index (χ4v) is 11.8. The Hall–Kier alpha value is -1.94. The number of aliphatic hydroxyl groups is 1. The minimum atomic E-state index is -4.95. The Kier molecular flexibility index (Phi) is 59.0. The number of carbonyl (C=O) groups excluding carboxylic acids is 4. The van der Waals surface area contributed by atoms with Crippen molar-refractivity contribution in [2.24, 2.45) is 11.8 Å². The lowest BCUT2D eigenvalue weighted by Crippen LogP contribution is -2.30. The van der Waals surface area contributed by atoms with Gasteiger partial charge in [-0.15, -0.1) is 0 Å². The fourth-order valence-electron chi connectivity index (χ4n) is 10.2. The second-order valence-electron chi connectivity index (χ2n) is 25.5. The lowest BCUT2D eigenvalue weighted by Gasteiger charge is -2.21. The average Bonchev–Trinajstić information content (AvgIpc) is 3.49. The summed E-state index contributed by atoms with van der Waals surface area (Å²) in [5, 5.41) is 10.6. The molecule has 0 aliphatic carbocycles. The summed E-state index contributed by atoms with van der Waals surface area (Å²) in [6.45, 7) is 9.50. The molecule has 0 heterocycles. The van der Waals surface area contributed by atoms with E-state index in [-0.39, 0.29) is 25.7 Å². The van der Waals surface area contributed by atoms with Gasteiger partial charge in [-0.2, -0.15) is 0 Å². The lowest BCUT2D eigenvalue weighted by atomic mass is 10.0. The van der Waals surface area contributed by atoms with Crippen molar-refractivity contribution in [3.8, 4) is 0 Å². The molecule has 19 heteroatoms. The van der Waals surface area contributed by atoms with E-state index in [0.29, 0.717) is 25.7 Å². The van der Waals surface area contributed by atoms with E-state index in [4.69, 9.17) is 37.0 Å². The Balaban J connectivity index is 5.20. The van der Waals surface area contributed by atoms with E-state index in [9.17, 15) is 43.2 Å². The Labute approximate surface area is 530 Å². The molecule has 0 radical (unpaired) electrons. The molecule has 0 aromatic carbocycles. The lowest BCUT2D eigenvalue weighted by molar-refractivity contribution is -0.161. The molecule has 0 fully saturated rings. The maximum atomic E-state index is 13.0. The number of rotatable bonds is 67. The smallest absolute Gasteiger partial charge is 0.462 e. The van der Waals surface area contributed by atoms with Crippen LogP contribution in [0.4, 0.5) is 0 Å². The van der Waals surface area contributed by atoms with Crippen LogP contribution >= 0.6 is 15.6 Å². The van der Waals surface area contributed by atoms with Crippen LogP contribution in [0.5, 0.6) is 0 Å². The summed E-state index contributed by atoms with van der Waals surface area (Å²) in [7, 11) is -9.89. The number of ether oxygens (including phenoxy) is 4. The van der Waals surface area contributed by atoms with E-state index in [1.807, 2.05) is 0 Å². The molecular weight excluding hydrogens is 1150 g/mol. The van der Waals surface area contributed by atoms with Crippen molar-refractivity contribution in [3.05, 3.63) is 0 Å². The van der Waals surface area contributed by atoms with Crippen molar-refractivity contribution >= 4 is 39.5 Å². The van der Waals surface area contributed by atoms with Gasteiger partial charge in [0.1, 0.15) is 19.3 Å². The van der Waals surface area contributed by atoms with Crippen LogP contribution in [0, 0.1) is 11.8 Å². The van der Waals surface area contributed by atoms with Crippen molar-refractivity contribution in [2.75, 3.05) is 39.6 Å². The number of phosphoric acid groups is 2. The van der Waals surface area contributed by atoms with Crippen molar-refractivity contribution in [1.82, 2.24) is 0 Å². The molecule has 0 aromatic rings. The van der Waals surface area contributed by atoms with Gasteiger partial charge in [0.2, 0.25) is 0 Å². The largest absolute Gasteiger partial charge is 0.472 e. The maximum Gasteiger partial charge on any atom is 0.472 e. The van der Waals surface area contributed by atoms with Crippen LogP contribution in [0.25, 0.3) is 0 Å². The number of unbranched alkanes of at least 4 members (excludes halogenated alkanes) is 37. The highest BCUT2D eigenvalue weighted by Gasteiger charge is 2.30. The van der Waals surface area contributed by atoms with Gasteiger partial charge in [0.15, 0.2) is 12.2 Å². The summed E-state index contributed by atoms with van der Waals surface area (Å²) in [6, 6.07) is 0. The van der Waals surface area contributed by atoms with Crippen molar-refractivity contribution < 1.29 is 80.2 Å². The Bertz CT molecular complexity index is 1700. The van der Waals surface area contributed by atoms with Gasteiger partial charge in [0.25, 0.3) is 0 Å². The molecule has 0 bridgehead atoms. The predicted octanol–water partition coefficient (Wildman–Crippen LogP) is 19.2. The first-order valence-electron chi connectivity index (χ1n) is 35.5. The summed E-state index contributed by atoms with van der Waals surface area (Å²) in [5.41, 5.74) is 0. The zero-order valence-electron chi connectivity index (χ0n) is 56.3. The minimum Gasteiger partial charge on any atom is -0.462 e. The normalized spacial score (nSPS) is 14.2. The third-order valence-corrected chi connectivity index (χ3v) is 17.6. The molecule has 3 N–H and O–H groups in total. The molecule has 0 amide bonds. The summed E-state index contributed by atoms with van der Waals surface area (Å²) < 4.78 is 68.1.